The third kappa shape index (κ3) is 5.23. The van der Waals surface area contributed by atoms with Gasteiger partial charge in [-0.1, -0.05) is 26.0 Å². The van der Waals surface area contributed by atoms with Crippen molar-refractivity contribution in [2.75, 3.05) is 0 Å². The summed E-state index contributed by atoms with van der Waals surface area (Å²) in [6.07, 6.45) is 5.10. The topological polar surface area (TPSA) is 26.3 Å². The minimum Gasteiger partial charge on any atom is -0.427 e. The Morgan fingerprint density at radius 2 is 2.15 bits per heavy atom. The van der Waals surface area contributed by atoms with Crippen molar-refractivity contribution in [3.8, 4) is 0 Å². The van der Waals surface area contributed by atoms with E-state index in [-0.39, 0.29) is 5.97 Å². The van der Waals surface area contributed by atoms with E-state index in [4.69, 9.17) is 4.74 Å². The van der Waals surface area contributed by atoms with E-state index < -0.39 is 0 Å². The molecule has 0 N–H and O–H groups in total. The molecule has 0 aliphatic heterocycles. The Balaban J connectivity index is 4.09. The molecule has 0 saturated heterocycles. The number of unbranched alkanes of at least 4 members (excludes halogenated alkanes) is 1. The van der Waals surface area contributed by atoms with E-state index in [9.17, 15) is 4.79 Å². The van der Waals surface area contributed by atoms with E-state index >= 15 is 0 Å². The number of esters is 1. The largest absolute Gasteiger partial charge is 0.427 e. The van der Waals surface area contributed by atoms with Crippen LogP contribution in [0.3, 0.4) is 0 Å². The summed E-state index contributed by atoms with van der Waals surface area (Å²) in [6.45, 7) is 9.15. The van der Waals surface area contributed by atoms with Crippen molar-refractivity contribution in [1.82, 2.24) is 0 Å². The van der Waals surface area contributed by atoms with E-state index in [1.54, 1.807) is 0 Å². The second kappa shape index (κ2) is 6.46. The Kier molecular flexibility index (Phi) is 5.94. The van der Waals surface area contributed by atoms with Crippen LogP contribution in [0.2, 0.25) is 0 Å². The normalized spacial score (nSPS) is 11.2. The summed E-state index contributed by atoms with van der Waals surface area (Å²) in [5.41, 5.74) is 1.03. The quantitative estimate of drug-likeness (QED) is 0.371. The lowest BCUT2D eigenvalue weighted by atomic mass is 10.1. The smallest absolute Gasteiger partial charge is 0.308 e. The third-order valence-electron chi connectivity index (χ3n) is 1.77. The van der Waals surface area contributed by atoms with Crippen molar-refractivity contribution < 1.29 is 9.53 Å². The molecular formula is C11H18O2. The van der Waals surface area contributed by atoms with Crippen molar-refractivity contribution in [3.63, 3.8) is 0 Å². The van der Waals surface area contributed by atoms with Gasteiger partial charge in [-0.25, -0.2) is 0 Å². The van der Waals surface area contributed by atoms with E-state index in [2.05, 4.69) is 13.5 Å². The fraction of sp³-hybridized carbons (Fsp3) is 0.545. The van der Waals surface area contributed by atoms with Gasteiger partial charge in [0.2, 0.25) is 0 Å². The standard InChI is InChI=1S/C11H18O2/c1-5-7-8-11(6-2)9(3)13-10(4)12/h6H,3,5,7-8H2,1-2,4H3/b11-6+. The molecule has 0 saturated carbocycles. The van der Waals surface area contributed by atoms with Crippen molar-refractivity contribution >= 4 is 5.97 Å². The molecule has 0 atom stereocenters. The van der Waals surface area contributed by atoms with E-state index in [0.717, 1.165) is 24.8 Å². The monoisotopic (exact) mass is 182 g/mol. The Hall–Kier alpha value is -1.05. The number of hydrogen-bond donors (Lipinski definition) is 0. The highest BCUT2D eigenvalue weighted by molar-refractivity contribution is 5.68. The molecule has 0 aromatic carbocycles. The molecule has 0 aromatic rings. The fourth-order valence-electron chi connectivity index (χ4n) is 1.05. The minimum atomic E-state index is -0.305. The number of allylic oxidation sites excluding steroid dienone is 2. The Bertz CT molecular complexity index is 214. The molecule has 0 rings (SSSR count). The molecule has 0 amide bonds. The Morgan fingerprint density at radius 3 is 2.54 bits per heavy atom. The van der Waals surface area contributed by atoms with Gasteiger partial charge >= 0.3 is 5.97 Å². The van der Waals surface area contributed by atoms with Crippen LogP contribution in [-0.4, -0.2) is 5.97 Å². The van der Waals surface area contributed by atoms with Crippen LogP contribution < -0.4 is 0 Å². The molecule has 74 valence electrons. The van der Waals surface area contributed by atoms with Gasteiger partial charge in [0.05, 0.1) is 0 Å². The van der Waals surface area contributed by atoms with Gasteiger partial charge in [-0.2, -0.15) is 0 Å². The first kappa shape index (κ1) is 11.9. The van der Waals surface area contributed by atoms with Crippen LogP contribution in [0.1, 0.15) is 40.0 Å². The van der Waals surface area contributed by atoms with Crippen LogP contribution in [0, 0.1) is 0 Å². The molecule has 0 aliphatic carbocycles. The number of rotatable bonds is 5. The molecule has 0 spiro atoms. The zero-order valence-corrected chi connectivity index (χ0v) is 8.72. The van der Waals surface area contributed by atoms with E-state index in [0.29, 0.717) is 5.76 Å². The van der Waals surface area contributed by atoms with Crippen LogP contribution in [0.25, 0.3) is 0 Å². The van der Waals surface area contributed by atoms with Crippen molar-refractivity contribution in [3.05, 3.63) is 24.0 Å². The van der Waals surface area contributed by atoms with Gasteiger partial charge in [0.1, 0.15) is 5.76 Å². The van der Waals surface area contributed by atoms with Gasteiger partial charge in [-0.3, -0.25) is 4.79 Å². The number of hydrogen-bond acceptors (Lipinski definition) is 2. The first-order chi connectivity index (χ1) is 6.11. The van der Waals surface area contributed by atoms with Crippen LogP contribution in [-0.2, 0) is 9.53 Å². The molecule has 2 heteroatoms. The zero-order valence-electron chi connectivity index (χ0n) is 8.72. The lowest BCUT2D eigenvalue weighted by Crippen LogP contribution is -2.00. The van der Waals surface area contributed by atoms with E-state index in [1.165, 1.54) is 6.92 Å². The molecule has 13 heavy (non-hydrogen) atoms. The molecule has 0 aliphatic rings. The summed E-state index contributed by atoms with van der Waals surface area (Å²) >= 11 is 0. The second-order valence-corrected chi connectivity index (χ2v) is 2.93. The van der Waals surface area contributed by atoms with Gasteiger partial charge in [0.25, 0.3) is 0 Å². The SMILES string of the molecule is C=C(OC(C)=O)/C(=C/C)CCCC. The Morgan fingerprint density at radius 1 is 1.54 bits per heavy atom. The first-order valence-electron chi connectivity index (χ1n) is 4.64. The van der Waals surface area contributed by atoms with Crippen LogP contribution >= 0.6 is 0 Å². The predicted octanol–water partition coefficient (Wildman–Crippen LogP) is 3.20. The molecule has 0 heterocycles. The highest BCUT2D eigenvalue weighted by Crippen LogP contribution is 2.16. The zero-order chi connectivity index (χ0) is 10.3. The summed E-state index contributed by atoms with van der Waals surface area (Å²) < 4.78 is 4.90. The molecular weight excluding hydrogens is 164 g/mol. The maximum atomic E-state index is 10.6. The number of carbonyl (C=O) groups is 1. The molecule has 0 bridgehead atoms. The summed E-state index contributed by atoms with van der Waals surface area (Å²) in [5, 5.41) is 0. The van der Waals surface area contributed by atoms with Crippen LogP contribution in [0.4, 0.5) is 0 Å². The summed E-state index contributed by atoms with van der Waals surface area (Å²) in [4.78, 5) is 10.6. The average molecular weight is 182 g/mol. The molecule has 2 nitrogen and oxygen atoms in total. The van der Waals surface area contributed by atoms with E-state index in [1.807, 2.05) is 13.0 Å². The highest BCUT2D eigenvalue weighted by atomic mass is 16.5. The van der Waals surface area contributed by atoms with Gasteiger partial charge < -0.3 is 4.74 Å². The maximum absolute atomic E-state index is 10.6. The fourth-order valence-corrected chi connectivity index (χ4v) is 1.05. The third-order valence-corrected chi connectivity index (χ3v) is 1.77. The molecule has 0 fully saturated rings. The summed E-state index contributed by atoms with van der Waals surface area (Å²) in [6, 6.07) is 0. The summed E-state index contributed by atoms with van der Waals surface area (Å²) in [5.74, 6) is 0.185. The molecule has 0 aromatic heterocycles. The molecule has 0 radical (unpaired) electrons. The number of ether oxygens (including phenoxy) is 1. The highest BCUT2D eigenvalue weighted by Gasteiger charge is 2.04. The van der Waals surface area contributed by atoms with Crippen molar-refractivity contribution in [2.24, 2.45) is 0 Å². The lowest BCUT2D eigenvalue weighted by molar-refractivity contribution is -0.136. The van der Waals surface area contributed by atoms with Gasteiger partial charge in [-0.15, -0.1) is 0 Å². The van der Waals surface area contributed by atoms with Crippen LogP contribution in [0.15, 0.2) is 24.0 Å². The van der Waals surface area contributed by atoms with Crippen molar-refractivity contribution in [2.45, 2.75) is 40.0 Å². The minimum absolute atomic E-state index is 0.305. The van der Waals surface area contributed by atoms with Crippen LogP contribution in [0.5, 0.6) is 0 Å². The second-order valence-electron chi connectivity index (χ2n) is 2.93. The van der Waals surface area contributed by atoms with Crippen molar-refractivity contribution in [1.29, 1.82) is 0 Å². The molecule has 0 unspecified atom stereocenters. The van der Waals surface area contributed by atoms with Gasteiger partial charge in [-0.05, 0) is 25.3 Å². The average Bonchev–Trinajstić information content (AvgIpc) is 2.04. The Labute approximate surface area is 80.3 Å². The lowest BCUT2D eigenvalue weighted by Gasteiger charge is -2.08. The summed E-state index contributed by atoms with van der Waals surface area (Å²) in [7, 11) is 0. The first-order valence-corrected chi connectivity index (χ1v) is 4.64. The number of carbonyl (C=O) groups excluding carboxylic acids is 1. The van der Waals surface area contributed by atoms with Gasteiger partial charge in [0, 0.05) is 6.92 Å². The maximum Gasteiger partial charge on any atom is 0.308 e. The predicted molar refractivity (Wildman–Crippen MR) is 54.2 cm³/mol. The van der Waals surface area contributed by atoms with Gasteiger partial charge in [0.15, 0.2) is 0 Å².